The Morgan fingerprint density at radius 2 is 2.05 bits per heavy atom. The van der Waals surface area contributed by atoms with Crippen LogP contribution in [0.5, 0.6) is 0 Å². The van der Waals surface area contributed by atoms with Crippen LogP contribution in [0.2, 0.25) is 5.02 Å². The van der Waals surface area contributed by atoms with Gasteiger partial charge in [0.15, 0.2) is 0 Å². The molecule has 0 atom stereocenters. The average Bonchev–Trinajstić information content (AvgIpc) is 2.84. The van der Waals surface area contributed by atoms with Gasteiger partial charge in [0.05, 0.1) is 10.6 Å². The third kappa shape index (κ3) is 2.04. The number of aryl methyl sites for hydroxylation is 1. The molecule has 0 unspecified atom stereocenters. The molecule has 3 rings (SSSR count). The SMILES string of the molecule is Cc1cccc(-c2noc(N)c2-c2cccnc2)c1Cl. The molecule has 100 valence electrons. The molecule has 0 amide bonds. The van der Waals surface area contributed by atoms with Crippen LogP contribution in [0.25, 0.3) is 22.4 Å². The van der Waals surface area contributed by atoms with Crippen molar-refractivity contribution in [3.63, 3.8) is 0 Å². The molecular formula is C15H12ClN3O. The van der Waals surface area contributed by atoms with Gasteiger partial charge in [0.2, 0.25) is 5.88 Å². The number of aromatic nitrogens is 2. The zero-order valence-electron chi connectivity index (χ0n) is 10.8. The van der Waals surface area contributed by atoms with Crippen molar-refractivity contribution >= 4 is 17.5 Å². The third-order valence-electron chi connectivity index (χ3n) is 3.12. The number of nitrogens with zero attached hydrogens (tertiary/aromatic N) is 2. The van der Waals surface area contributed by atoms with Crippen LogP contribution in [-0.4, -0.2) is 10.1 Å². The summed E-state index contributed by atoms with van der Waals surface area (Å²) in [4.78, 5) is 4.10. The van der Waals surface area contributed by atoms with Crippen molar-refractivity contribution in [3.05, 3.63) is 53.3 Å². The van der Waals surface area contributed by atoms with Crippen molar-refractivity contribution in [3.8, 4) is 22.4 Å². The number of benzene rings is 1. The zero-order valence-corrected chi connectivity index (χ0v) is 11.6. The summed E-state index contributed by atoms with van der Waals surface area (Å²) in [7, 11) is 0. The Kier molecular flexibility index (Phi) is 3.16. The lowest BCUT2D eigenvalue weighted by Crippen LogP contribution is -1.89. The van der Waals surface area contributed by atoms with Crippen LogP contribution >= 0.6 is 11.6 Å². The second-order valence-corrected chi connectivity index (χ2v) is 4.83. The Labute approximate surface area is 121 Å². The molecule has 0 radical (unpaired) electrons. The van der Waals surface area contributed by atoms with Crippen molar-refractivity contribution in [2.45, 2.75) is 6.92 Å². The van der Waals surface area contributed by atoms with Crippen LogP contribution < -0.4 is 5.73 Å². The van der Waals surface area contributed by atoms with E-state index >= 15 is 0 Å². The topological polar surface area (TPSA) is 64.9 Å². The largest absolute Gasteiger partial charge is 0.367 e. The van der Waals surface area contributed by atoms with E-state index in [1.165, 1.54) is 0 Å². The van der Waals surface area contributed by atoms with E-state index in [9.17, 15) is 0 Å². The Morgan fingerprint density at radius 3 is 2.80 bits per heavy atom. The van der Waals surface area contributed by atoms with Gasteiger partial charge in [-0.3, -0.25) is 4.98 Å². The average molecular weight is 286 g/mol. The third-order valence-corrected chi connectivity index (χ3v) is 3.62. The fraction of sp³-hybridized carbons (Fsp3) is 0.0667. The maximum Gasteiger partial charge on any atom is 0.230 e. The number of anilines is 1. The molecule has 2 heterocycles. The summed E-state index contributed by atoms with van der Waals surface area (Å²) >= 11 is 6.36. The lowest BCUT2D eigenvalue weighted by molar-refractivity contribution is 0.439. The molecule has 2 N–H and O–H groups in total. The highest BCUT2D eigenvalue weighted by molar-refractivity contribution is 6.34. The first-order valence-corrected chi connectivity index (χ1v) is 6.47. The van der Waals surface area contributed by atoms with Crippen LogP contribution in [0.4, 0.5) is 5.88 Å². The molecular weight excluding hydrogens is 274 g/mol. The monoisotopic (exact) mass is 285 g/mol. The Bertz CT molecular complexity index is 753. The molecule has 1 aromatic carbocycles. The second kappa shape index (κ2) is 4.98. The number of halogens is 1. The van der Waals surface area contributed by atoms with Gasteiger partial charge < -0.3 is 10.3 Å². The van der Waals surface area contributed by atoms with Crippen LogP contribution in [0.15, 0.2) is 47.2 Å². The highest BCUT2D eigenvalue weighted by Crippen LogP contribution is 2.39. The van der Waals surface area contributed by atoms with Gasteiger partial charge in [0.25, 0.3) is 0 Å². The van der Waals surface area contributed by atoms with Gasteiger partial charge in [0.1, 0.15) is 5.69 Å². The van der Waals surface area contributed by atoms with Crippen molar-refractivity contribution in [1.29, 1.82) is 0 Å². The minimum atomic E-state index is 0.255. The number of nitrogen functional groups attached to an aromatic ring is 1. The van der Waals surface area contributed by atoms with Crippen molar-refractivity contribution in [1.82, 2.24) is 10.1 Å². The maximum atomic E-state index is 6.36. The van der Waals surface area contributed by atoms with Gasteiger partial charge >= 0.3 is 0 Å². The van der Waals surface area contributed by atoms with Crippen LogP contribution in [0, 0.1) is 6.92 Å². The van der Waals surface area contributed by atoms with Gasteiger partial charge in [0, 0.05) is 23.5 Å². The minimum Gasteiger partial charge on any atom is -0.367 e. The molecule has 0 aliphatic carbocycles. The molecule has 0 aliphatic rings. The van der Waals surface area contributed by atoms with Crippen molar-refractivity contribution < 1.29 is 4.52 Å². The molecule has 0 bridgehead atoms. The number of rotatable bonds is 2. The highest BCUT2D eigenvalue weighted by atomic mass is 35.5. The highest BCUT2D eigenvalue weighted by Gasteiger charge is 2.19. The second-order valence-electron chi connectivity index (χ2n) is 4.45. The first-order chi connectivity index (χ1) is 9.68. The standard InChI is InChI=1S/C15H12ClN3O/c1-9-4-2-6-11(13(9)16)14-12(15(17)20-19-14)10-5-3-7-18-8-10/h2-8H,17H2,1H3. The first kappa shape index (κ1) is 12.7. The molecule has 20 heavy (non-hydrogen) atoms. The Morgan fingerprint density at radius 1 is 1.20 bits per heavy atom. The smallest absolute Gasteiger partial charge is 0.230 e. The molecule has 4 nitrogen and oxygen atoms in total. The number of nitrogens with two attached hydrogens (primary N) is 1. The quantitative estimate of drug-likeness (QED) is 0.774. The molecule has 0 saturated heterocycles. The first-order valence-electron chi connectivity index (χ1n) is 6.09. The van der Waals surface area contributed by atoms with Gasteiger partial charge in [-0.1, -0.05) is 41.0 Å². The number of hydrogen-bond donors (Lipinski definition) is 1. The predicted molar refractivity (Wildman–Crippen MR) is 79.3 cm³/mol. The summed E-state index contributed by atoms with van der Waals surface area (Å²) in [6, 6.07) is 9.51. The van der Waals surface area contributed by atoms with Crippen LogP contribution in [0.3, 0.4) is 0 Å². The van der Waals surface area contributed by atoms with Gasteiger partial charge in [-0.2, -0.15) is 0 Å². The van der Waals surface area contributed by atoms with E-state index in [4.69, 9.17) is 21.9 Å². The normalized spacial score (nSPS) is 10.7. The summed E-state index contributed by atoms with van der Waals surface area (Å²) in [5.74, 6) is 0.255. The van der Waals surface area contributed by atoms with E-state index in [0.29, 0.717) is 16.3 Å². The Hall–Kier alpha value is -2.33. The fourth-order valence-corrected chi connectivity index (χ4v) is 2.32. The molecule has 5 heteroatoms. The van der Waals surface area contributed by atoms with E-state index in [-0.39, 0.29) is 5.88 Å². The Balaban J connectivity index is 2.24. The minimum absolute atomic E-state index is 0.255. The van der Waals surface area contributed by atoms with E-state index < -0.39 is 0 Å². The maximum absolute atomic E-state index is 6.36. The van der Waals surface area contributed by atoms with E-state index in [0.717, 1.165) is 16.7 Å². The lowest BCUT2D eigenvalue weighted by atomic mass is 10.0. The van der Waals surface area contributed by atoms with Gasteiger partial charge in [-0.15, -0.1) is 0 Å². The lowest BCUT2D eigenvalue weighted by Gasteiger charge is -2.06. The van der Waals surface area contributed by atoms with E-state index in [2.05, 4.69) is 10.1 Å². The van der Waals surface area contributed by atoms with Crippen molar-refractivity contribution in [2.75, 3.05) is 5.73 Å². The number of pyridine rings is 1. The molecule has 0 spiro atoms. The van der Waals surface area contributed by atoms with E-state index in [1.807, 2.05) is 37.3 Å². The summed E-state index contributed by atoms with van der Waals surface area (Å²) in [5, 5.41) is 4.70. The van der Waals surface area contributed by atoms with Crippen LogP contribution in [0.1, 0.15) is 5.56 Å². The zero-order chi connectivity index (χ0) is 14.1. The summed E-state index contributed by atoms with van der Waals surface area (Å²) in [6.45, 7) is 1.94. The van der Waals surface area contributed by atoms with Gasteiger partial charge in [-0.25, -0.2) is 0 Å². The van der Waals surface area contributed by atoms with E-state index in [1.54, 1.807) is 12.4 Å². The summed E-state index contributed by atoms with van der Waals surface area (Å²) in [6.07, 6.45) is 3.42. The van der Waals surface area contributed by atoms with Gasteiger partial charge in [-0.05, 0) is 18.6 Å². The number of hydrogen-bond acceptors (Lipinski definition) is 4. The molecule has 3 aromatic rings. The molecule has 0 fully saturated rings. The summed E-state index contributed by atoms with van der Waals surface area (Å²) in [5.41, 5.74) is 9.86. The summed E-state index contributed by atoms with van der Waals surface area (Å²) < 4.78 is 5.14. The molecule has 0 aliphatic heterocycles. The molecule has 0 saturated carbocycles. The van der Waals surface area contributed by atoms with Crippen LogP contribution in [-0.2, 0) is 0 Å². The molecule has 2 aromatic heterocycles. The fourth-order valence-electron chi connectivity index (χ4n) is 2.11. The predicted octanol–water partition coefficient (Wildman–Crippen LogP) is 3.95. The van der Waals surface area contributed by atoms with Crippen molar-refractivity contribution in [2.24, 2.45) is 0 Å².